The molecule has 0 spiro atoms. The molecule has 0 saturated heterocycles. The van der Waals surface area contributed by atoms with Gasteiger partial charge in [0, 0.05) is 13.2 Å². The molecule has 1 aliphatic rings. The summed E-state index contributed by atoms with van der Waals surface area (Å²) in [6.07, 6.45) is 6.54. The van der Waals surface area contributed by atoms with Crippen LogP contribution in [0.5, 0.6) is 0 Å². The third-order valence-electron chi connectivity index (χ3n) is 3.81. The molecule has 3 rings (SSSR count). The van der Waals surface area contributed by atoms with Crippen LogP contribution in [0.2, 0.25) is 0 Å². The Morgan fingerprint density at radius 2 is 2.33 bits per heavy atom. The Labute approximate surface area is 123 Å². The van der Waals surface area contributed by atoms with Crippen LogP contribution in [0.15, 0.2) is 10.7 Å². The third-order valence-corrected chi connectivity index (χ3v) is 3.81. The zero-order chi connectivity index (χ0) is 14.8. The first kappa shape index (κ1) is 14.2. The number of hydrogen-bond acceptors (Lipinski definition) is 6. The zero-order valence-electron chi connectivity index (χ0n) is 12.5. The largest absolute Gasteiger partial charge is 0.376 e. The highest BCUT2D eigenvalue weighted by molar-refractivity contribution is 5.55. The molecule has 0 bridgehead atoms. The molecular formula is C14H21N5O2. The number of aromatic nitrogens is 4. The molecule has 2 aromatic rings. The molecule has 2 N–H and O–H groups in total. The topological polar surface area (TPSA) is 92.0 Å². The van der Waals surface area contributed by atoms with Crippen molar-refractivity contribution in [2.24, 2.45) is 12.8 Å². The van der Waals surface area contributed by atoms with E-state index in [0.717, 1.165) is 30.5 Å². The Hall–Kier alpha value is -1.73. The van der Waals surface area contributed by atoms with E-state index in [4.69, 9.17) is 15.0 Å². The van der Waals surface area contributed by atoms with E-state index in [-0.39, 0.29) is 6.04 Å². The van der Waals surface area contributed by atoms with E-state index in [9.17, 15) is 0 Å². The van der Waals surface area contributed by atoms with Gasteiger partial charge in [-0.25, -0.2) is 0 Å². The first-order valence-electron chi connectivity index (χ1n) is 7.41. The molecule has 7 nitrogen and oxygen atoms in total. The van der Waals surface area contributed by atoms with Gasteiger partial charge in [0.15, 0.2) is 5.82 Å². The van der Waals surface area contributed by atoms with Crippen molar-refractivity contribution in [3.8, 4) is 11.5 Å². The predicted molar refractivity (Wildman–Crippen MR) is 76.4 cm³/mol. The Balaban J connectivity index is 1.69. The highest BCUT2D eigenvalue weighted by atomic mass is 16.5. The van der Waals surface area contributed by atoms with E-state index in [1.54, 1.807) is 4.68 Å². The second kappa shape index (κ2) is 5.95. The summed E-state index contributed by atoms with van der Waals surface area (Å²) in [6.45, 7) is 2.47. The van der Waals surface area contributed by atoms with Crippen molar-refractivity contribution < 1.29 is 9.26 Å². The Bertz CT molecular complexity index is 602. The number of nitrogens with two attached hydrogens (primary N) is 1. The van der Waals surface area contributed by atoms with Crippen molar-refractivity contribution in [1.82, 2.24) is 19.9 Å². The molecule has 1 aliphatic carbocycles. The van der Waals surface area contributed by atoms with E-state index in [2.05, 4.69) is 15.2 Å². The minimum absolute atomic E-state index is 0.354. The van der Waals surface area contributed by atoms with Crippen molar-refractivity contribution in [1.29, 1.82) is 0 Å². The van der Waals surface area contributed by atoms with Gasteiger partial charge in [-0.05, 0) is 25.7 Å². The minimum Gasteiger partial charge on any atom is -0.376 e. The van der Waals surface area contributed by atoms with Gasteiger partial charge in [0.25, 0.3) is 5.89 Å². The average Bonchev–Trinajstić information content (AvgIpc) is 3.02. The van der Waals surface area contributed by atoms with E-state index in [0.29, 0.717) is 24.4 Å². The summed E-state index contributed by atoms with van der Waals surface area (Å²) in [4.78, 5) is 4.39. The van der Waals surface area contributed by atoms with Gasteiger partial charge >= 0.3 is 0 Å². The van der Waals surface area contributed by atoms with Gasteiger partial charge in [0.05, 0.1) is 30.0 Å². The first-order valence-corrected chi connectivity index (χ1v) is 7.41. The van der Waals surface area contributed by atoms with Crippen molar-refractivity contribution >= 4 is 0 Å². The predicted octanol–water partition coefficient (Wildman–Crippen LogP) is 1.60. The van der Waals surface area contributed by atoms with Crippen LogP contribution < -0.4 is 5.73 Å². The van der Waals surface area contributed by atoms with Crippen LogP contribution in [-0.2, 0) is 18.2 Å². The van der Waals surface area contributed by atoms with Crippen LogP contribution in [0.25, 0.3) is 11.5 Å². The fraction of sp³-hybridized carbons (Fsp3) is 0.643. The highest BCUT2D eigenvalue weighted by Gasteiger charge is 2.22. The van der Waals surface area contributed by atoms with Crippen LogP contribution in [0, 0.1) is 0 Å². The van der Waals surface area contributed by atoms with Crippen LogP contribution in [0.1, 0.15) is 43.7 Å². The molecule has 2 heterocycles. The molecule has 1 saturated carbocycles. The second-order valence-electron chi connectivity index (χ2n) is 5.47. The van der Waals surface area contributed by atoms with E-state index in [1.165, 1.54) is 6.42 Å². The lowest BCUT2D eigenvalue weighted by Crippen LogP contribution is -2.27. The van der Waals surface area contributed by atoms with Gasteiger partial charge in [-0.15, -0.1) is 0 Å². The molecule has 0 radical (unpaired) electrons. The van der Waals surface area contributed by atoms with E-state index in [1.807, 2.05) is 20.2 Å². The second-order valence-corrected chi connectivity index (χ2v) is 5.47. The van der Waals surface area contributed by atoms with Gasteiger partial charge in [-0.1, -0.05) is 12.1 Å². The number of hydrogen-bond donors (Lipinski definition) is 1. The maximum Gasteiger partial charge on any atom is 0.261 e. The number of rotatable bonds is 6. The molecule has 21 heavy (non-hydrogen) atoms. The summed E-state index contributed by atoms with van der Waals surface area (Å²) in [5.41, 5.74) is 7.86. The first-order chi connectivity index (χ1) is 10.2. The maximum absolute atomic E-state index is 6.06. The molecule has 0 aliphatic heterocycles. The third kappa shape index (κ3) is 2.98. The molecule has 0 amide bonds. The minimum atomic E-state index is -0.357. The van der Waals surface area contributed by atoms with E-state index < -0.39 is 0 Å². The fourth-order valence-electron chi connectivity index (χ4n) is 2.32. The van der Waals surface area contributed by atoms with Crippen molar-refractivity contribution in [2.75, 3.05) is 6.61 Å². The molecule has 7 heteroatoms. The Morgan fingerprint density at radius 3 is 3.00 bits per heavy atom. The Morgan fingerprint density at radius 1 is 1.52 bits per heavy atom. The monoisotopic (exact) mass is 291 g/mol. The van der Waals surface area contributed by atoms with Gasteiger partial charge < -0.3 is 15.0 Å². The summed E-state index contributed by atoms with van der Waals surface area (Å²) >= 11 is 0. The highest BCUT2D eigenvalue weighted by Crippen LogP contribution is 2.25. The average molecular weight is 291 g/mol. The molecule has 1 unspecified atom stereocenters. The van der Waals surface area contributed by atoms with Gasteiger partial charge in [0.1, 0.15) is 0 Å². The van der Waals surface area contributed by atoms with Crippen LogP contribution in [-0.4, -0.2) is 32.6 Å². The van der Waals surface area contributed by atoms with Crippen LogP contribution in [0.3, 0.4) is 0 Å². The number of aryl methyl sites for hydroxylation is 2. The van der Waals surface area contributed by atoms with Gasteiger partial charge in [-0.2, -0.15) is 10.1 Å². The lowest BCUT2D eigenvalue weighted by Gasteiger charge is -2.26. The standard InChI is InChI=1S/C14H21N5O2/c1-3-12-10(7-19(2)17-12)14-16-13(18-21-14)11(15)8-20-9-5-4-6-9/h7,9,11H,3-6,8,15H2,1-2H3. The normalized spacial score (nSPS) is 16.9. The van der Waals surface area contributed by atoms with Crippen LogP contribution in [0.4, 0.5) is 0 Å². The molecule has 1 fully saturated rings. The molecule has 0 aromatic carbocycles. The van der Waals surface area contributed by atoms with Crippen molar-refractivity contribution in [3.05, 3.63) is 17.7 Å². The summed E-state index contributed by atoms with van der Waals surface area (Å²) in [5, 5.41) is 8.34. The van der Waals surface area contributed by atoms with E-state index >= 15 is 0 Å². The molecule has 114 valence electrons. The summed E-state index contributed by atoms with van der Waals surface area (Å²) in [6, 6.07) is -0.357. The SMILES string of the molecule is CCc1nn(C)cc1-c1nc(C(N)COC2CCC2)no1. The number of ether oxygens (including phenoxy) is 1. The summed E-state index contributed by atoms with van der Waals surface area (Å²) in [5.74, 6) is 0.948. The van der Waals surface area contributed by atoms with Crippen molar-refractivity contribution in [2.45, 2.75) is 44.8 Å². The quantitative estimate of drug-likeness (QED) is 0.869. The maximum atomic E-state index is 6.06. The van der Waals surface area contributed by atoms with Gasteiger partial charge in [-0.3, -0.25) is 4.68 Å². The molecular weight excluding hydrogens is 270 g/mol. The molecule has 2 aromatic heterocycles. The van der Waals surface area contributed by atoms with Gasteiger partial charge in [0.2, 0.25) is 0 Å². The smallest absolute Gasteiger partial charge is 0.261 e. The number of nitrogens with zero attached hydrogens (tertiary/aromatic N) is 4. The lowest BCUT2D eigenvalue weighted by molar-refractivity contribution is -0.00549. The van der Waals surface area contributed by atoms with Crippen LogP contribution >= 0.6 is 0 Å². The van der Waals surface area contributed by atoms with Crippen molar-refractivity contribution in [3.63, 3.8) is 0 Å². The fourth-order valence-corrected chi connectivity index (χ4v) is 2.32. The lowest BCUT2D eigenvalue weighted by atomic mass is 9.96. The summed E-state index contributed by atoms with van der Waals surface area (Å²) in [7, 11) is 1.87. The molecule has 1 atom stereocenters. The zero-order valence-corrected chi connectivity index (χ0v) is 12.5. The Kier molecular flexibility index (Phi) is 4.03. The summed E-state index contributed by atoms with van der Waals surface area (Å²) < 4.78 is 12.8.